The summed E-state index contributed by atoms with van der Waals surface area (Å²) in [5, 5.41) is 7.69. The van der Waals surface area contributed by atoms with Crippen molar-refractivity contribution >= 4 is 26.9 Å². The first-order valence-corrected chi connectivity index (χ1v) is 10.5. The van der Waals surface area contributed by atoms with Gasteiger partial charge in [-0.1, -0.05) is 18.2 Å². The lowest BCUT2D eigenvalue weighted by molar-refractivity contribution is 0.446. The van der Waals surface area contributed by atoms with E-state index in [4.69, 9.17) is 0 Å². The molecule has 0 saturated heterocycles. The number of aromatic nitrogens is 1. The zero-order valence-corrected chi connectivity index (χ0v) is 16.9. The molecule has 144 valence electrons. The molecule has 0 atom stereocenters. The smallest absolute Gasteiger partial charge is 0.209 e. The lowest BCUT2D eigenvalue weighted by atomic mass is 10.1. The van der Waals surface area contributed by atoms with Gasteiger partial charge in [-0.15, -0.1) is 0 Å². The van der Waals surface area contributed by atoms with Gasteiger partial charge in [0.05, 0.1) is 6.26 Å². The van der Waals surface area contributed by atoms with Gasteiger partial charge in [0.25, 0.3) is 0 Å². The molecule has 0 saturated carbocycles. The molecule has 0 aliphatic heterocycles. The Kier molecular flexibility index (Phi) is 6.30. The number of guanidine groups is 1. The molecule has 7 nitrogen and oxygen atoms in total. The average Bonchev–Trinajstić information content (AvgIpc) is 2.84. The predicted octanol–water partition coefficient (Wildman–Crippen LogP) is 1.51. The number of hydrogen-bond acceptors (Lipinski definition) is 3. The van der Waals surface area contributed by atoms with E-state index >= 15 is 0 Å². The monoisotopic (exact) mass is 379 g/mol. The Morgan fingerprint density at radius 1 is 1.23 bits per heavy atom. The summed E-state index contributed by atoms with van der Waals surface area (Å²) < 4.78 is 25.4. The Bertz CT molecular complexity index is 884. The molecule has 1 aromatic carbocycles. The van der Waals surface area contributed by atoms with Crippen LogP contribution in [0.4, 0.5) is 0 Å². The number of sulfonamides is 1. The summed E-state index contributed by atoms with van der Waals surface area (Å²) in [5.74, 6) is 0.644. The van der Waals surface area contributed by atoms with Gasteiger partial charge in [-0.3, -0.25) is 4.99 Å². The number of nitrogens with zero attached hydrogens (tertiary/aromatic N) is 1. The molecule has 0 amide bonds. The number of hydrogen-bond donors (Lipinski definition) is 4. The molecule has 0 fully saturated rings. The molecule has 0 spiro atoms. The summed E-state index contributed by atoms with van der Waals surface area (Å²) in [6.45, 7) is 6.88. The van der Waals surface area contributed by atoms with Crippen LogP contribution in [-0.4, -0.2) is 51.3 Å². The largest absolute Gasteiger partial charge is 0.358 e. The minimum atomic E-state index is -3.26. The van der Waals surface area contributed by atoms with E-state index in [1.165, 1.54) is 16.6 Å². The lowest BCUT2D eigenvalue weighted by Crippen LogP contribution is -2.53. The summed E-state index contributed by atoms with van der Waals surface area (Å²) in [6, 6.07) is 8.28. The quantitative estimate of drug-likeness (QED) is 0.433. The Morgan fingerprint density at radius 2 is 1.92 bits per heavy atom. The minimum absolute atomic E-state index is 0.422. The van der Waals surface area contributed by atoms with Gasteiger partial charge in [0, 0.05) is 42.3 Å². The molecule has 2 aromatic rings. The normalized spacial score (nSPS) is 13.2. The van der Waals surface area contributed by atoms with Gasteiger partial charge in [-0.2, -0.15) is 0 Å². The van der Waals surface area contributed by atoms with Gasteiger partial charge >= 0.3 is 0 Å². The van der Waals surface area contributed by atoms with Gasteiger partial charge in [0.2, 0.25) is 10.0 Å². The summed E-state index contributed by atoms with van der Waals surface area (Å²) in [4.78, 5) is 7.61. The van der Waals surface area contributed by atoms with E-state index in [1.807, 2.05) is 26.0 Å². The van der Waals surface area contributed by atoms with E-state index < -0.39 is 15.6 Å². The Balaban J connectivity index is 1.90. The van der Waals surface area contributed by atoms with Crippen LogP contribution in [0.3, 0.4) is 0 Å². The zero-order chi connectivity index (χ0) is 19.4. The summed E-state index contributed by atoms with van der Waals surface area (Å²) in [6.07, 6.45) is 2.02. The van der Waals surface area contributed by atoms with Gasteiger partial charge in [0.15, 0.2) is 5.96 Å². The molecule has 2 rings (SSSR count). The third-order valence-electron chi connectivity index (χ3n) is 4.08. The molecule has 0 aliphatic rings. The van der Waals surface area contributed by atoms with Crippen molar-refractivity contribution in [2.45, 2.75) is 32.7 Å². The van der Waals surface area contributed by atoms with Crippen LogP contribution >= 0.6 is 0 Å². The Labute approximate surface area is 155 Å². The first kappa shape index (κ1) is 20.3. The van der Waals surface area contributed by atoms with Crippen molar-refractivity contribution in [2.24, 2.45) is 4.99 Å². The molecule has 26 heavy (non-hydrogen) atoms. The number of aryl methyl sites for hydroxylation is 1. The van der Waals surface area contributed by atoms with Crippen molar-refractivity contribution in [2.75, 3.05) is 26.4 Å². The third kappa shape index (κ3) is 5.74. The Hall–Kier alpha value is -2.06. The van der Waals surface area contributed by atoms with Gasteiger partial charge < -0.3 is 15.6 Å². The predicted molar refractivity (Wildman–Crippen MR) is 108 cm³/mol. The van der Waals surface area contributed by atoms with Crippen molar-refractivity contribution in [3.05, 3.63) is 35.5 Å². The van der Waals surface area contributed by atoms with E-state index in [2.05, 4.69) is 44.4 Å². The fourth-order valence-electron chi connectivity index (χ4n) is 3.03. The van der Waals surface area contributed by atoms with Crippen LogP contribution in [0, 0.1) is 6.92 Å². The molecule has 0 bridgehead atoms. The number of para-hydroxylation sites is 1. The van der Waals surface area contributed by atoms with Crippen LogP contribution in [0.1, 0.15) is 25.1 Å². The first-order valence-electron chi connectivity index (χ1n) is 8.61. The van der Waals surface area contributed by atoms with Crippen molar-refractivity contribution in [3.8, 4) is 0 Å². The van der Waals surface area contributed by atoms with Crippen LogP contribution in [0.25, 0.3) is 10.9 Å². The van der Waals surface area contributed by atoms with Gasteiger partial charge in [-0.05, 0) is 38.8 Å². The number of nitrogens with one attached hydrogen (secondary N) is 4. The molecule has 8 heteroatoms. The minimum Gasteiger partial charge on any atom is -0.358 e. The van der Waals surface area contributed by atoms with Crippen LogP contribution in [0.15, 0.2) is 29.3 Å². The lowest BCUT2D eigenvalue weighted by Gasteiger charge is -2.26. The van der Waals surface area contributed by atoms with Crippen molar-refractivity contribution in [3.63, 3.8) is 0 Å². The second kappa shape index (κ2) is 8.09. The second-order valence-corrected chi connectivity index (χ2v) is 8.88. The second-order valence-electron chi connectivity index (χ2n) is 7.13. The molecule has 4 N–H and O–H groups in total. The van der Waals surface area contributed by atoms with Crippen LogP contribution in [0.5, 0.6) is 0 Å². The van der Waals surface area contributed by atoms with Gasteiger partial charge in [0.1, 0.15) is 0 Å². The molecule has 0 aliphatic carbocycles. The van der Waals surface area contributed by atoms with Crippen molar-refractivity contribution < 1.29 is 8.42 Å². The van der Waals surface area contributed by atoms with E-state index in [-0.39, 0.29) is 0 Å². The average molecular weight is 380 g/mol. The zero-order valence-electron chi connectivity index (χ0n) is 16.1. The van der Waals surface area contributed by atoms with E-state index in [0.717, 1.165) is 24.7 Å². The molecular weight excluding hydrogens is 350 g/mol. The maximum absolute atomic E-state index is 11.4. The fraction of sp³-hybridized carbons (Fsp3) is 0.500. The van der Waals surface area contributed by atoms with Crippen molar-refractivity contribution in [1.82, 2.24) is 20.3 Å². The van der Waals surface area contributed by atoms with Crippen LogP contribution < -0.4 is 15.4 Å². The number of H-pyrrole nitrogens is 1. The van der Waals surface area contributed by atoms with Crippen LogP contribution in [0.2, 0.25) is 0 Å². The number of aliphatic imine (C=N–C) groups is 1. The molecule has 1 aromatic heterocycles. The topological polar surface area (TPSA) is 98.4 Å². The molecule has 1 heterocycles. The third-order valence-corrected chi connectivity index (χ3v) is 5.00. The number of benzene rings is 1. The van der Waals surface area contributed by atoms with Gasteiger partial charge in [-0.25, -0.2) is 13.1 Å². The van der Waals surface area contributed by atoms with E-state index in [9.17, 15) is 8.42 Å². The fourth-order valence-corrected chi connectivity index (χ4v) is 4.10. The molecular formula is C18H29N5O2S. The number of aromatic amines is 1. The summed E-state index contributed by atoms with van der Waals surface area (Å²) in [7, 11) is -1.56. The molecule has 0 unspecified atom stereocenters. The van der Waals surface area contributed by atoms with E-state index in [1.54, 1.807) is 7.05 Å². The maximum Gasteiger partial charge on any atom is 0.209 e. The highest BCUT2D eigenvalue weighted by Gasteiger charge is 2.22. The highest BCUT2D eigenvalue weighted by atomic mass is 32.2. The van der Waals surface area contributed by atoms with E-state index in [0.29, 0.717) is 12.5 Å². The maximum atomic E-state index is 11.4. The number of rotatable bonds is 7. The van der Waals surface area contributed by atoms with Crippen molar-refractivity contribution in [1.29, 1.82) is 0 Å². The summed E-state index contributed by atoms with van der Waals surface area (Å²) >= 11 is 0. The number of fused-ring (bicyclic) bond motifs is 1. The Morgan fingerprint density at radius 3 is 2.58 bits per heavy atom. The highest BCUT2D eigenvalue weighted by molar-refractivity contribution is 7.88. The standard InChI is InChI=1S/C18H29N5O2S/c1-13-14(15-8-6-7-9-16(15)22-13)10-11-20-17(19-4)21-12-18(2,3)23-26(5,24)25/h6-9,22-23H,10-12H2,1-5H3,(H2,19,20,21). The van der Waals surface area contributed by atoms with Crippen LogP contribution in [-0.2, 0) is 16.4 Å². The first-order chi connectivity index (χ1) is 12.1. The molecule has 0 radical (unpaired) electrons. The highest BCUT2D eigenvalue weighted by Crippen LogP contribution is 2.21. The SMILES string of the molecule is CN=C(NCCc1c(C)[nH]c2ccccc12)NCC(C)(C)NS(C)(=O)=O. The summed E-state index contributed by atoms with van der Waals surface area (Å²) in [5.41, 5.74) is 3.01.